The maximum absolute atomic E-state index is 9.49. The third kappa shape index (κ3) is 8.13. The molecular formula is H6NO6P2+. The van der Waals surface area contributed by atoms with Crippen molar-refractivity contribution in [3.05, 3.63) is 0 Å². The quantitative estimate of drug-likeness (QED) is 0.260. The first-order valence-corrected chi connectivity index (χ1v) is 4.95. The molecule has 9 heteroatoms. The molecule has 0 bridgehead atoms. The van der Waals surface area contributed by atoms with Gasteiger partial charge in [-0.3, -0.25) is 9.79 Å². The molecule has 56 valence electrons. The Hall–Kier alpha value is 0.130. The lowest BCUT2D eigenvalue weighted by Crippen LogP contribution is -1.72. The molecule has 1 unspecified atom stereocenters. The van der Waals surface area contributed by atoms with Crippen LogP contribution in [-0.2, 0) is 9.13 Å². The molecule has 9 heavy (non-hydrogen) atoms. The zero-order chi connectivity index (χ0) is 8.08. The molecule has 0 saturated carbocycles. The molecule has 0 heterocycles. The van der Waals surface area contributed by atoms with Crippen LogP contribution in [0.3, 0.4) is 0 Å². The van der Waals surface area contributed by atoms with Crippen molar-refractivity contribution >= 4 is 15.0 Å². The van der Waals surface area contributed by atoms with Gasteiger partial charge in [-0.1, -0.05) is 0 Å². The molecule has 0 rings (SSSR count). The molecule has 0 aromatic heterocycles. The van der Waals surface area contributed by atoms with Crippen LogP contribution in [0.25, 0.3) is 0 Å². The number of hydrogen-bond donors (Lipinski definition) is 5. The van der Waals surface area contributed by atoms with Crippen LogP contribution >= 0.6 is 15.0 Å². The molecular weight excluding hydrogens is 172 g/mol. The van der Waals surface area contributed by atoms with Crippen molar-refractivity contribution < 1.29 is 29.0 Å². The summed E-state index contributed by atoms with van der Waals surface area (Å²) < 4.78 is 18.9. The predicted octanol–water partition coefficient (Wildman–Crippen LogP) is -0.852. The van der Waals surface area contributed by atoms with Crippen molar-refractivity contribution in [1.29, 1.82) is 0 Å². The van der Waals surface area contributed by atoms with Crippen LogP contribution in [0.4, 0.5) is 0 Å². The maximum atomic E-state index is 9.49. The molecule has 0 amide bonds. The van der Waals surface area contributed by atoms with Crippen molar-refractivity contribution in [2.75, 3.05) is 0 Å². The van der Waals surface area contributed by atoms with E-state index in [0.717, 1.165) is 0 Å². The summed E-state index contributed by atoms with van der Waals surface area (Å²) in [5, 5.41) is 6.50. The Kier molecular flexibility index (Phi) is 6.54. The van der Waals surface area contributed by atoms with Crippen molar-refractivity contribution in [3.63, 3.8) is 0 Å². The fourth-order valence-corrected chi connectivity index (χ4v) is 0. The Morgan fingerprint density at radius 3 is 1.44 bits per heavy atom. The third-order valence-corrected chi connectivity index (χ3v) is 2.01. The lowest BCUT2D eigenvalue weighted by atomic mass is 13.6. The van der Waals surface area contributed by atoms with E-state index in [1.54, 1.807) is 0 Å². The second-order valence-corrected chi connectivity index (χ2v) is 4.89. The van der Waals surface area contributed by atoms with Gasteiger partial charge in [0.25, 0.3) is 0 Å². The van der Waals surface area contributed by atoms with Crippen LogP contribution in [0.2, 0.25) is 0 Å². The van der Waals surface area contributed by atoms with E-state index in [4.69, 9.17) is 19.9 Å². The molecule has 1 atom stereocenters. The summed E-state index contributed by atoms with van der Waals surface area (Å²) in [5.74, 6) is 3.50. The zero-order valence-electron chi connectivity index (χ0n) is 4.08. The van der Waals surface area contributed by atoms with E-state index in [1.165, 1.54) is 0 Å². The smallest absolute Gasteiger partial charge is 0.320 e. The van der Waals surface area contributed by atoms with Gasteiger partial charge in [0.2, 0.25) is 0 Å². The predicted molar refractivity (Wildman–Crippen MR) is 27.8 cm³/mol. The normalized spacial score (nSPS) is 11.4. The van der Waals surface area contributed by atoms with Gasteiger partial charge in [0.1, 0.15) is 0 Å². The van der Waals surface area contributed by atoms with Gasteiger partial charge in [-0.05, 0) is 4.57 Å². The Balaban J connectivity index is 0. The molecule has 0 saturated heterocycles. The van der Waals surface area contributed by atoms with Crippen molar-refractivity contribution in [1.82, 2.24) is 0 Å². The van der Waals surface area contributed by atoms with Crippen LogP contribution in [0.1, 0.15) is 0 Å². The number of rotatable bonds is 1. The highest BCUT2D eigenvalue weighted by molar-refractivity contribution is 8.19. The average molecular weight is 178 g/mol. The highest BCUT2D eigenvalue weighted by atomic mass is 32.1. The van der Waals surface area contributed by atoms with E-state index < -0.39 is 15.0 Å². The fraction of sp³-hybridized carbons (Fsp3) is 0. The first kappa shape index (κ1) is 11.9. The van der Waals surface area contributed by atoms with Gasteiger partial charge in [0.15, 0.2) is 0 Å². The lowest BCUT2D eigenvalue weighted by Gasteiger charge is -1.76. The molecule has 0 aromatic rings. The summed E-state index contributed by atoms with van der Waals surface area (Å²) in [6.45, 7) is 0. The molecule has 0 aliphatic carbocycles. The van der Waals surface area contributed by atoms with E-state index in [0.29, 0.717) is 0 Å². The van der Waals surface area contributed by atoms with Gasteiger partial charge in [-0.15, -0.1) is 0 Å². The van der Waals surface area contributed by atoms with Crippen molar-refractivity contribution in [2.45, 2.75) is 0 Å². The highest BCUT2D eigenvalue weighted by Gasteiger charge is 2.39. The minimum atomic E-state index is -4.67. The molecule has 0 aromatic carbocycles. The van der Waals surface area contributed by atoms with Gasteiger partial charge in [0.05, 0.1) is 0 Å². The van der Waals surface area contributed by atoms with Gasteiger partial charge in [-0.25, -0.2) is 10.5 Å². The van der Waals surface area contributed by atoms with Crippen LogP contribution in [0.15, 0.2) is 0 Å². The van der Waals surface area contributed by atoms with Gasteiger partial charge in [0, 0.05) is 0 Å². The number of nitrogens with two attached hydrogens (primary N) is 1. The Bertz CT molecular complexity index is 123. The second-order valence-electron chi connectivity index (χ2n) is 0.766. The molecule has 0 radical (unpaired) electrons. The molecule has 0 aliphatic heterocycles. The molecule has 0 fully saturated rings. The number of hydrogen-bond acceptors (Lipinski definition) is 4. The maximum Gasteiger partial charge on any atom is 0.619 e. The summed E-state index contributed by atoms with van der Waals surface area (Å²) >= 11 is 0. The SMILES string of the molecule is NO.O=[P+](O)P(=O)(O)O. The van der Waals surface area contributed by atoms with Gasteiger partial charge in [-0.2, -0.15) is 4.89 Å². The third-order valence-electron chi connectivity index (χ3n) is 0.223. The lowest BCUT2D eigenvalue weighted by molar-refractivity contribution is 0.311. The minimum absolute atomic E-state index is 3.32. The van der Waals surface area contributed by atoms with Crippen LogP contribution in [-0.4, -0.2) is 19.9 Å². The second kappa shape index (κ2) is 4.96. The first-order valence-electron chi connectivity index (χ1n) is 1.42. The summed E-state index contributed by atoms with van der Waals surface area (Å²) in [6.07, 6.45) is 0. The molecule has 0 aliphatic rings. The standard InChI is InChI=1S/H3NO.H2O5P2/c1-2;1-6(2)7(3,4)5/h2H,1H2;(H2-,1,2,3,4,5)/p+1. The Labute approximate surface area is 51.0 Å². The summed E-state index contributed by atoms with van der Waals surface area (Å²) in [5.41, 5.74) is 0. The monoisotopic (exact) mass is 178 g/mol. The van der Waals surface area contributed by atoms with E-state index in [9.17, 15) is 9.13 Å². The highest BCUT2D eigenvalue weighted by Crippen LogP contribution is 2.59. The summed E-state index contributed by atoms with van der Waals surface area (Å²) in [7, 11) is -8.00. The van der Waals surface area contributed by atoms with E-state index >= 15 is 0 Å². The van der Waals surface area contributed by atoms with Crippen molar-refractivity contribution in [2.24, 2.45) is 5.90 Å². The summed E-state index contributed by atoms with van der Waals surface area (Å²) in [6, 6.07) is 0. The molecule has 6 N–H and O–H groups in total. The largest absolute Gasteiger partial charge is 0.619 e. The first-order chi connectivity index (χ1) is 3.94. The summed E-state index contributed by atoms with van der Waals surface area (Å²) in [4.78, 5) is 23.0. The van der Waals surface area contributed by atoms with Gasteiger partial charge < -0.3 is 5.21 Å². The molecule has 7 nitrogen and oxygen atoms in total. The Morgan fingerprint density at radius 1 is 1.33 bits per heavy atom. The zero-order valence-corrected chi connectivity index (χ0v) is 5.87. The van der Waals surface area contributed by atoms with E-state index in [1.807, 2.05) is 0 Å². The molecule has 0 spiro atoms. The van der Waals surface area contributed by atoms with Crippen LogP contribution in [0, 0.1) is 0 Å². The Morgan fingerprint density at radius 2 is 1.44 bits per heavy atom. The van der Waals surface area contributed by atoms with Crippen LogP contribution < -0.4 is 5.90 Å². The van der Waals surface area contributed by atoms with E-state index in [-0.39, 0.29) is 0 Å². The topological polar surface area (TPSA) is 141 Å². The van der Waals surface area contributed by atoms with Crippen LogP contribution in [0.5, 0.6) is 0 Å². The van der Waals surface area contributed by atoms with E-state index in [2.05, 4.69) is 5.90 Å². The van der Waals surface area contributed by atoms with Crippen molar-refractivity contribution in [3.8, 4) is 0 Å². The van der Waals surface area contributed by atoms with Gasteiger partial charge >= 0.3 is 15.0 Å². The fourth-order valence-electron chi connectivity index (χ4n) is 0. The average Bonchev–Trinajstić information content (AvgIpc) is 1.69. The minimum Gasteiger partial charge on any atom is -0.320 e.